The van der Waals surface area contributed by atoms with Gasteiger partial charge in [-0.1, -0.05) is 6.07 Å². The van der Waals surface area contributed by atoms with Crippen molar-refractivity contribution >= 4 is 17.5 Å². The molecule has 1 fully saturated rings. The Kier molecular flexibility index (Phi) is 6.32. The van der Waals surface area contributed by atoms with E-state index in [4.69, 9.17) is 9.47 Å². The van der Waals surface area contributed by atoms with Gasteiger partial charge < -0.3 is 19.7 Å². The maximum Gasteiger partial charge on any atom is 0.254 e. The minimum atomic E-state index is -0.320. The van der Waals surface area contributed by atoms with E-state index in [0.29, 0.717) is 37.0 Å². The summed E-state index contributed by atoms with van der Waals surface area (Å²) in [6.07, 6.45) is -0.320. The van der Waals surface area contributed by atoms with Crippen molar-refractivity contribution in [2.75, 3.05) is 32.1 Å². The minimum absolute atomic E-state index is 0.0492. The van der Waals surface area contributed by atoms with E-state index in [9.17, 15) is 4.79 Å². The van der Waals surface area contributed by atoms with Gasteiger partial charge in [0, 0.05) is 34.9 Å². The average Bonchev–Trinajstić information content (AvgIpc) is 2.77. The number of pyridine rings is 1. The maximum absolute atomic E-state index is 13.0. The van der Waals surface area contributed by atoms with Crippen molar-refractivity contribution in [1.29, 1.82) is 0 Å². The van der Waals surface area contributed by atoms with Crippen molar-refractivity contribution in [3.8, 4) is 5.75 Å². The highest BCUT2D eigenvalue weighted by Crippen LogP contribution is 2.26. The Hall–Kier alpha value is -3.52. The van der Waals surface area contributed by atoms with Gasteiger partial charge in [0.2, 0.25) is 5.95 Å². The number of anilines is 2. The molecule has 32 heavy (non-hydrogen) atoms. The number of morpholine rings is 1. The number of methoxy groups -OCH3 is 1. The second-order valence-corrected chi connectivity index (χ2v) is 7.86. The van der Waals surface area contributed by atoms with E-state index < -0.39 is 0 Å². The molecule has 1 atom stereocenters. The summed E-state index contributed by atoms with van der Waals surface area (Å²) in [5, 5.41) is 3.27. The Labute approximate surface area is 187 Å². The molecule has 0 bridgehead atoms. The van der Waals surface area contributed by atoms with Crippen LogP contribution >= 0.6 is 0 Å². The molecular weight excluding hydrogens is 406 g/mol. The first-order chi connectivity index (χ1) is 15.4. The lowest BCUT2D eigenvalue weighted by Gasteiger charge is -2.33. The average molecular weight is 434 g/mol. The predicted molar refractivity (Wildman–Crippen MR) is 121 cm³/mol. The second kappa shape index (κ2) is 9.32. The van der Waals surface area contributed by atoms with Gasteiger partial charge >= 0.3 is 0 Å². The molecule has 1 aliphatic rings. The van der Waals surface area contributed by atoms with Crippen molar-refractivity contribution in [2.45, 2.75) is 26.9 Å². The molecule has 0 spiro atoms. The Bertz CT molecular complexity index is 1110. The van der Waals surface area contributed by atoms with Crippen LogP contribution in [-0.4, -0.2) is 52.6 Å². The van der Waals surface area contributed by atoms with Gasteiger partial charge in [0.25, 0.3) is 5.91 Å². The van der Waals surface area contributed by atoms with Crippen LogP contribution in [0.4, 0.5) is 11.6 Å². The van der Waals surface area contributed by atoms with Crippen molar-refractivity contribution in [3.05, 3.63) is 70.8 Å². The summed E-state index contributed by atoms with van der Waals surface area (Å²) in [6, 6.07) is 13.0. The summed E-state index contributed by atoms with van der Waals surface area (Å²) >= 11 is 0. The first kappa shape index (κ1) is 21.7. The first-order valence-corrected chi connectivity index (χ1v) is 10.5. The van der Waals surface area contributed by atoms with E-state index in [1.165, 1.54) is 0 Å². The van der Waals surface area contributed by atoms with Crippen LogP contribution in [0.25, 0.3) is 0 Å². The minimum Gasteiger partial charge on any atom is -0.497 e. The molecule has 1 unspecified atom stereocenters. The van der Waals surface area contributed by atoms with Crippen molar-refractivity contribution < 1.29 is 14.3 Å². The molecule has 166 valence electrons. The monoisotopic (exact) mass is 433 g/mol. The molecule has 8 nitrogen and oxygen atoms in total. The number of amides is 1. The van der Waals surface area contributed by atoms with Gasteiger partial charge in [-0.2, -0.15) is 0 Å². The fourth-order valence-corrected chi connectivity index (χ4v) is 3.79. The van der Waals surface area contributed by atoms with E-state index in [0.717, 1.165) is 28.5 Å². The number of rotatable bonds is 5. The zero-order chi connectivity index (χ0) is 22.7. The van der Waals surface area contributed by atoms with Crippen LogP contribution < -0.4 is 10.1 Å². The SMILES string of the molecule is COc1cccc(C(=O)N2CCOC(c3cc(Nc4nc(C)cc(C)n4)cc(C)n3)C2)c1. The number of nitrogens with one attached hydrogen (secondary N) is 1. The van der Waals surface area contributed by atoms with E-state index >= 15 is 0 Å². The molecule has 1 aromatic carbocycles. The Morgan fingerprint density at radius 1 is 1.06 bits per heavy atom. The molecule has 1 aliphatic heterocycles. The molecule has 0 saturated carbocycles. The van der Waals surface area contributed by atoms with Gasteiger partial charge in [-0.25, -0.2) is 9.97 Å². The molecule has 3 heterocycles. The summed E-state index contributed by atoms with van der Waals surface area (Å²) in [5.41, 5.74) is 4.82. The fraction of sp³-hybridized carbons (Fsp3) is 0.333. The molecule has 0 aliphatic carbocycles. The van der Waals surface area contributed by atoms with E-state index in [1.807, 2.05) is 51.1 Å². The van der Waals surface area contributed by atoms with Crippen LogP contribution in [0.15, 0.2) is 42.5 Å². The van der Waals surface area contributed by atoms with Crippen molar-refractivity contribution in [2.24, 2.45) is 0 Å². The smallest absolute Gasteiger partial charge is 0.254 e. The van der Waals surface area contributed by atoms with Gasteiger partial charge in [0.1, 0.15) is 11.9 Å². The summed E-state index contributed by atoms with van der Waals surface area (Å²) in [5.74, 6) is 1.15. The van der Waals surface area contributed by atoms with Gasteiger partial charge in [0.15, 0.2) is 0 Å². The fourth-order valence-electron chi connectivity index (χ4n) is 3.79. The van der Waals surface area contributed by atoms with Crippen LogP contribution in [-0.2, 0) is 4.74 Å². The van der Waals surface area contributed by atoms with Crippen LogP contribution in [0.3, 0.4) is 0 Å². The van der Waals surface area contributed by atoms with Crippen LogP contribution in [0.1, 0.15) is 39.2 Å². The third-order valence-electron chi connectivity index (χ3n) is 5.21. The highest BCUT2D eigenvalue weighted by atomic mass is 16.5. The van der Waals surface area contributed by atoms with Crippen LogP contribution in [0.5, 0.6) is 5.75 Å². The maximum atomic E-state index is 13.0. The first-order valence-electron chi connectivity index (χ1n) is 10.5. The number of hydrogen-bond donors (Lipinski definition) is 1. The zero-order valence-electron chi connectivity index (χ0n) is 18.8. The molecule has 1 N–H and O–H groups in total. The Balaban J connectivity index is 1.53. The van der Waals surface area contributed by atoms with E-state index in [2.05, 4.69) is 20.3 Å². The van der Waals surface area contributed by atoms with Crippen molar-refractivity contribution in [1.82, 2.24) is 19.9 Å². The largest absolute Gasteiger partial charge is 0.497 e. The number of aryl methyl sites for hydroxylation is 3. The normalized spacial score (nSPS) is 16.0. The number of nitrogens with zero attached hydrogens (tertiary/aromatic N) is 4. The molecular formula is C24H27N5O3. The number of carbonyl (C=O) groups excluding carboxylic acids is 1. The van der Waals surface area contributed by atoms with Crippen molar-refractivity contribution in [3.63, 3.8) is 0 Å². The molecule has 3 aromatic rings. The van der Waals surface area contributed by atoms with E-state index in [1.54, 1.807) is 24.1 Å². The van der Waals surface area contributed by atoms with Gasteiger partial charge in [-0.05, 0) is 57.2 Å². The molecule has 1 saturated heterocycles. The highest BCUT2D eigenvalue weighted by Gasteiger charge is 2.27. The second-order valence-electron chi connectivity index (χ2n) is 7.86. The number of carbonyl (C=O) groups is 1. The highest BCUT2D eigenvalue weighted by molar-refractivity contribution is 5.94. The number of benzene rings is 1. The summed E-state index contributed by atoms with van der Waals surface area (Å²) in [7, 11) is 1.59. The Morgan fingerprint density at radius 2 is 1.81 bits per heavy atom. The standard InChI is InChI=1S/C24H27N5O3/c1-15-10-16(2)27-24(26-15)28-19-11-17(3)25-21(13-19)22-14-29(8-9-32-22)23(30)18-6-5-7-20(12-18)31-4/h5-7,10-13,22H,8-9,14H2,1-4H3,(H,25,26,27,28). The quantitative estimate of drug-likeness (QED) is 0.655. The number of aromatic nitrogens is 3. The number of ether oxygens (including phenoxy) is 2. The molecule has 2 aromatic heterocycles. The number of hydrogen-bond acceptors (Lipinski definition) is 7. The topological polar surface area (TPSA) is 89.5 Å². The van der Waals surface area contributed by atoms with E-state index in [-0.39, 0.29) is 12.0 Å². The molecule has 8 heteroatoms. The molecule has 0 radical (unpaired) electrons. The molecule has 4 rings (SSSR count). The summed E-state index contributed by atoms with van der Waals surface area (Å²) in [4.78, 5) is 28.4. The lowest BCUT2D eigenvalue weighted by molar-refractivity contribution is -0.0247. The zero-order valence-corrected chi connectivity index (χ0v) is 18.8. The third-order valence-corrected chi connectivity index (χ3v) is 5.21. The lowest BCUT2D eigenvalue weighted by Crippen LogP contribution is -2.42. The van der Waals surface area contributed by atoms with Gasteiger partial charge in [0.05, 0.1) is 26.0 Å². The molecule has 1 amide bonds. The van der Waals surface area contributed by atoms with Crippen LogP contribution in [0.2, 0.25) is 0 Å². The Morgan fingerprint density at radius 3 is 2.56 bits per heavy atom. The third kappa shape index (κ3) is 5.03. The van der Waals surface area contributed by atoms with Gasteiger partial charge in [-0.3, -0.25) is 9.78 Å². The predicted octanol–water partition coefficient (Wildman–Crippen LogP) is 3.76. The lowest BCUT2D eigenvalue weighted by atomic mass is 10.1. The van der Waals surface area contributed by atoms with Gasteiger partial charge in [-0.15, -0.1) is 0 Å². The summed E-state index contributed by atoms with van der Waals surface area (Å²) < 4.78 is 11.2. The van der Waals surface area contributed by atoms with Crippen LogP contribution in [0, 0.1) is 20.8 Å². The summed E-state index contributed by atoms with van der Waals surface area (Å²) in [6.45, 7) is 7.20.